The summed E-state index contributed by atoms with van der Waals surface area (Å²) in [7, 11) is 0. The zero-order valence-corrected chi connectivity index (χ0v) is 7.23. The highest BCUT2D eigenvalue weighted by atomic mass is 16.8. The Morgan fingerprint density at radius 1 is 1.31 bits per heavy atom. The van der Waals surface area contributed by atoms with E-state index in [1.54, 1.807) is 6.07 Å². The maximum atomic E-state index is 9.01. The van der Waals surface area contributed by atoms with Crippen LogP contribution in [0.5, 0.6) is 11.5 Å². The quantitative estimate of drug-likeness (QED) is 0.712. The molecule has 0 saturated heterocycles. The molecule has 1 aliphatic heterocycles. The summed E-state index contributed by atoms with van der Waals surface area (Å²) in [5.74, 6) is 1.17. The van der Waals surface area contributed by atoms with Crippen LogP contribution in [0.2, 0.25) is 0 Å². The highest BCUT2D eigenvalue weighted by Crippen LogP contribution is 2.34. The Bertz CT molecular complexity index is 344. The Morgan fingerprint density at radius 2 is 2.08 bits per heavy atom. The van der Waals surface area contributed by atoms with Crippen molar-refractivity contribution < 1.29 is 14.6 Å². The summed E-state index contributed by atoms with van der Waals surface area (Å²) in [5, 5.41) is 9.01. The SMILES string of the molecule is CC=Cc1ccc2c(c1)OC(O)O2. The molecule has 1 aromatic rings. The minimum Gasteiger partial charge on any atom is -0.428 e. The Kier molecular flexibility index (Phi) is 1.94. The summed E-state index contributed by atoms with van der Waals surface area (Å²) >= 11 is 0. The fourth-order valence-corrected chi connectivity index (χ4v) is 1.25. The molecule has 0 radical (unpaired) electrons. The lowest BCUT2D eigenvalue weighted by Gasteiger charge is -1.98. The lowest BCUT2D eigenvalue weighted by Crippen LogP contribution is -2.15. The third-order valence-corrected chi connectivity index (χ3v) is 1.78. The van der Waals surface area contributed by atoms with Crippen molar-refractivity contribution in [1.82, 2.24) is 0 Å². The van der Waals surface area contributed by atoms with Gasteiger partial charge in [0.2, 0.25) is 0 Å². The predicted octanol–water partition coefficient (Wildman–Crippen LogP) is 1.77. The number of hydrogen-bond acceptors (Lipinski definition) is 3. The smallest absolute Gasteiger partial charge is 0.358 e. The number of allylic oxidation sites excluding steroid dienone is 1. The second-order valence-electron chi connectivity index (χ2n) is 2.75. The third-order valence-electron chi connectivity index (χ3n) is 1.78. The van der Waals surface area contributed by atoms with Crippen molar-refractivity contribution >= 4 is 6.08 Å². The number of benzene rings is 1. The van der Waals surface area contributed by atoms with Gasteiger partial charge in [-0.25, -0.2) is 0 Å². The van der Waals surface area contributed by atoms with E-state index in [4.69, 9.17) is 14.6 Å². The molecule has 0 bridgehead atoms. The first-order valence-electron chi connectivity index (χ1n) is 4.08. The van der Waals surface area contributed by atoms with Gasteiger partial charge in [0, 0.05) is 0 Å². The van der Waals surface area contributed by atoms with Gasteiger partial charge in [0.1, 0.15) is 0 Å². The number of hydrogen-bond donors (Lipinski definition) is 1. The van der Waals surface area contributed by atoms with Gasteiger partial charge >= 0.3 is 6.48 Å². The van der Waals surface area contributed by atoms with Crippen LogP contribution in [0.4, 0.5) is 0 Å². The molecule has 0 saturated carbocycles. The minimum absolute atomic E-state index is 0.584. The van der Waals surface area contributed by atoms with Gasteiger partial charge in [-0.05, 0) is 24.6 Å². The molecule has 2 rings (SSSR count). The van der Waals surface area contributed by atoms with Crippen molar-refractivity contribution in [1.29, 1.82) is 0 Å². The van der Waals surface area contributed by atoms with Crippen molar-refractivity contribution in [2.75, 3.05) is 0 Å². The van der Waals surface area contributed by atoms with Gasteiger partial charge in [-0.3, -0.25) is 0 Å². The Balaban J connectivity index is 2.34. The fourth-order valence-electron chi connectivity index (χ4n) is 1.25. The fraction of sp³-hybridized carbons (Fsp3) is 0.200. The Hall–Kier alpha value is -1.48. The van der Waals surface area contributed by atoms with E-state index in [1.807, 2.05) is 31.2 Å². The molecule has 0 fully saturated rings. The van der Waals surface area contributed by atoms with Crippen molar-refractivity contribution in [2.24, 2.45) is 0 Å². The van der Waals surface area contributed by atoms with E-state index in [0.29, 0.717) is 11.5 Å². The highest BCUT2D eigenvalue weighted by Gasteiger charge is 2.21. The first-order valence-corrected chi connectivity index (χ1v) is 4.08. The van der Waals surface area contributed by atoms with Crippen LogP contribution in [0.1, 0.15) is 12.5 Å². The zero-order valence-electron chi connectivity index (χ0n) is 7.23. The minimum atomic E-state index is -1.16. The summed E-state index contributed by atoms with van der Waals surface area (Å²) in [4.78, 5) is 0. The molecule has 0 aromatic heterocycles. The second kappa shape index (κ2) is 3.11. The molecule has 68 valence electrons. The topological polar surface area (TPSA) is 38.7 Å². The largest absolute Gasteiger partial charge is 0.428 e. The number of rotatable bonds is 1. The van der Waals surface area contributed by atoms with Crippen LogP contribution in [0, 0.1) is 0 Å². The molecule has 1 atom stereocenters. The summed E-state index contributed by atoms with van der Waals surface area (Å²) in [6, 6.07) is 5.51. The van der Waals surface area contributed by atoms with Gasteiger partial charge < -0.3 is 14.6 Å². The van der Waals surface area contributed by atoms with Crippen molar-refractivity contribution in [3.63, 3.8) is 0 Å². The maximum absolute atomic E-state index is 9.01. The molecule has 1 aliphatic rings. The molecule has 1 aromatic carbocycles. The standard InChI is InChI=1S/C10H10O3/c1-2-3-7-4-5-8-9(6-7)13-10(11)12-8/h2-6,10-11H,1H3. The number of aliphatic hydroxyl groups excluding tert-OH is 1. The number of fused-ring (bicyclic) bond motifs is 1. The van der Waals surface area contributed by atoms with Crippen molar-refractivity contribution in [3.05, 3.63) is 29.8 Å². The van der Waals surface area contributed by atoms with Crippen LogP contribution in [0.3, 0.4) is 0 Å². The molecule has 3 nitrogen and oxygen atoms in total. The lowest BCUT2D eigenvalue weighted by atomic mass is 10.2. The summed E-state index contributed by atoms with van der Waals surface area (Å²) in [5.41, 5.74) is 1.03. The first kappa shape index (κ1) is 8.13. The van der Waals surface area contributed by atoms with Gasteiger partial charge in [-0.15, -0.1) is 0 Å². The van der Waals surface area contributed by atoms with Crippen LogP contribution in [0.25, 0.3) is 6.08 Å². The molecule has 0 aliphatic carbocycles. The highest BCUT2D eigenvalue weighted by molar-refractivity contribution is 5.56. The molecule has 0 spiro atoms. The van der Waals surface area contributed by atoms with Crippen molar-refractivity contribution in [3.8, 4) is 11.5 Å². The molecule has 13 heavy (non-hydrogen) atoms. The normalized spacial score (nSPS) is 19.7. The van der Waals surface area contributed by atoms with Gasteiger partial charge in [-0.2, -0.15) is 0 Å². The first-order chi connectivity index (χ1) is 6.29. The van der Waals surface area contributed by atoms with E-state index in [0.717, 1.165) is 5.56 Å². The third kappa shape index (κ3) is 1.51. The summed E-state index contributed by atoms with van der Waals surface area (Å²) in [6.45, 7) is 0.787. The Labute approximate surface area is 76.2 Å². The Morgan fingerprint density at radius 3 is 2.85 bits per heavy atom. The van der Waals surface area contributed by atoms with Crippen LogP contribution in [-0.4, -0.2) is 11.6 Å². The molecule has 1 unspecified atom stereocenters. The average Bonchev–Trinajstić information content (AvgIpc) is 2.44. The zero-order chi connectivity index (χ0) is 9.26. The molecular weight excluding hydrogens is 168 g/mol. The van der Waals surface area contributed by atoms with Crippen LogP contribution >= 0.6 is 0 Å². The molecular formula is C10H10O3. The van der Waals surface area contributed by atoms with E-state index in [-0.39, 0.29) is 0 Å². The second-order valence-corrected chi connectivity index (χ2v) is 2.75. The van der Waals surface area contributed by atoms with E-state index in [1.165, 1.54) is 0 Å². The van der Waals surface area contributed by atoms with Crippen LogP contribution in [0.15, 0.2) is 24.3 Å². The van der Waals surface area contributed by atoms with E-state index in [9.17, 15) is 0 Å². The average molecular weight is 178 g/mol. The molecule has 1 heterocycles. The van der Waals surface area contributed by atoms with E-state index < -0.39 is 6.48 Å². The van der Waals surface area contributed by atoms with E-state index in [2.05, 4.69) is 0 Å². The van der Waals surface area contributed by atoms with Crippen LogP contribution in [-0.2, 0) is 0 Å². The van der Waals surface area contributed by atoms with Gasteiger partial charge in [0.05, 0.1) is 0 Å². The van der Waals surface area contributed by atoms with Crippen molar-refractivity contribution in [2.45, 2.75) is 13.4 Å². The van der Waals surface area contributed by atoms with Crippen LogP contribution < -0.4 is 9.47 Å². The summed E-state index contributed by atoms with van der Waals surface area (Å²) in [6.07, 6.45) is 3.89. The number of aliphatic hydroxyl groups is 1. The molecule has 3 heteroatoms. The molecule has 1 N–H and O–H groups in total. The lowest BCUT2D eigenvalue weighted by molar-refractivity contribution is -0.133. The van der Waals surface area contributed by atoms with Gasteiger partial charge in [-0.1, -0.05) is 18.2 Å². The maximum Gasteiger partial charge on any atom is 0.358 e. The number of ether oxygens (including phenoxy) is 2. The molecule has 0 amide bonds. The van der Waals surface area contributed by atoms with Gasteiger partial charge in [0.25, 0.3) is 0 Å². The predicted molar refractivity (Wildman–Crippen MR) is 48.4 cm³/mol. The van der Waals surface area contributed by atoms with Gasteiger partial charge in [0.15, 0.2) is 11.5 Å². The monoisotopic (exact) mass is 178 g/mol. The van der Waals surface area contributed by atoms with E-state index >= 15 is 0 Å². The summed E-state index contributed by atoms with van der Waals surface area (Å²) < 4.78 is 9.94.